The molecule has 0 rings (SSSR count). The van der Waals surface area contributed by atoms with Gasteiger partial charge in [0.05, 0.1) is 7.11 Å². The lowest BCUT2D eigenvalue weighted by Crippen LogP contribution is -2.25. The van der Waals surface area contributed by atoms with Crippen molar-refractivity contribution in [2.75, 3.05) is 7.11 Å². The average molecular weight is 183 g/mol. The number of carbonyl (C=O) groups excluding carboxylic acids is 2. The highest BCUT2D eigenvalue weighted by Gasteiger charge is 2.08. The quantitative estimate of drug-likeness (QED) is 0.399. The van der Waals surface area contributed by atoms with Crippen LogP contribution in [0.1, 0.15) is 13.8 Å². The average Bonchev–Trinajstić information content (AvgIpc) is 2.10. The molecule has 1 amide bonds. The van der Waals surface area contributed by atoms with E-state index in [-0.39, 0.29) is 11.6 Å². The van der Waals surface area contributed by atoms with Crippen LogP contribution in [0, 0.1) is 0 Å². The molecule has 0 spiro atoms. The van der Waals surface area contributed by atoms with Crippen molar-refractivity contribution in [3.8, 4) is 0 Å². The predicted molar refractivity (Wildman–Crippen MR) is 48.7 cm³/mol. The van der Waals surface area contributed by atoms with Crippen LogP contribution in [0.5, 0.6) is 0 Å². The Hall–Kier alpha value is -1.58. The molecule has 0 aromatic heterocycles. The molecule has 0 radical (unpaired) electrons. The number of esters is 1. The molecule has 0 aromatic carbocycles. The minimum absolute atomic E-state index is 0.133. The molecule has 0 fully saturated rings. The molecule has 0 aliphatic carbocycles. The van der Waals surface area contributed by atoms with Crippen molar-refractivity contribution in [3.63, 3.8) is 0 Å². The van der Waals surface area contributed by atoms with E-state index >= 15 is 0 Å². The topological polar surface area (TPSA) is 55.4 Å². The van der Waals surface area contributed by atoms with Crippen molar-refractivity contribution in [1.82, 2.24) is 5.32 Å². The van der Waals surface area contributed by atoms with Gasteiger partial charge >= 0.3 is 5.97 Å². The highest BCUT2D eigenvalue weighted by Crippen LogP contribution is 1.93. The van der Waals surface area contributed by atoms with Crippen molar-refractivity contribution in [2.24, 2.45) is 0 Å². The number of rotatable bonds is 3. The normalized spacial score (nSPS) is 11.5. The van der Waals surface area contributed by atoms with E-state index in [0.29, 0.717) is 0 Å². The molecule has 4 heteroatoms. The van der Waals surface area contributed by atoms with Gasteiger partial charge in [0.2, 0.25) is 5.91 Å². The summed E-state index contributed by atoms with van der Waals surface area (Å²) in [5.74, 6) is -0.866. The Morgan fingerprint density at radius 3 is 2.38 bits per heavy atom. The fourth-order valence-electron chi connectivity index (χ4n) is 0.653. The lowest BCUT2D eigenvalue weighted by Gasteiger charge is -2.03. The number of amides is 1. The summed E-state index contributed by atoms with van der Waals surface area (Å²) in [6, 6.07) is 0. The molecule has 4 nitrogen and oxygen atoms in total. The SMILES string of the molecule is C/C=C/C=C(\NC(C)=O)C(=O)OC. The molecule has 72 valence electrons. The summed E-state index contributed by atoms with van der Waals surface area (Å²) in [6.07, 6.45) is 4.86. The molecular weight excluding hydrogens is 170 g/mol. The number of hydrogen-bond acceptors (Lipinski definition) is 3. The molecular formula is C9H13NO3. The summed E-state index contributed by atoms with van der Waals surface area (Å²) in [5, 5.41) is 2.36. The predicted octanol–water partition coefficient (Wildman–Crippen LogP) is 0.755. The van der Waals surface area contributed by atoms with E-state index in [1.807, 2.05) is 0 Å². The lowest BCUT2D eigenvalue weighted by atomic mass is 10.3. The molecule has 0 saturated carbocycles. The van der Waals surface area contributed by atoms with E-state index in [0.717, 1.165) is 0 Å². The highest BCUT2D eigenvalue weighted by atomic mass is 16.5. The molecule has 0 saturated heterocycles. The number of ether oxygens (including phenoxy) is 1. The largest absolute Gasteiger partial charge is 0.464 e. The van der Waals surface area contributed by atoms with Crippen LogP contribution < -0.4 is 5.32 Å². The standard InChI is InChI=1S/C9H13NO3/c1-4-5-6-8(9(12)13-3)10-7(2)11/h4-6H,1-3H3,(H,10,11)/b5-4+,8-6-. The highest BCUT2D eigenvalue weighted by molar-refractivity contribution is 5.93. The molecule has 1 N–H and O–H groups in total. The van der Waals surface area contributed by atoms with Gasteiger partial charge in [-0.1, -0.05) is 12.2 Å². The van der Waals surface area contributed by atoms with E-state index in [4.69, 9.17) is 0 Å². The van der Waals surface area contributed by atoms with E-state index in [1.54, 1.807) is 19.1 Å². The van der Waals surface area contributed by atoms with Crippen LogP contribution in [-0.2, 0) is 14.3 Å². The van der Waals surface area contributed by atoms with Crippen LogP contribution in [0.3, 0.4) is 0 Å². The Labute approximate surface area is 77.3 Å². The second-order valence-electron chi connectivity index (χ2n) is 2.28. The zero-order valence-corrected chi connectivity index (χ0v) is 7.96. The van der Waals surface area contributed by atoms with E-state index in [1.165, 1.54) is 20.1 Å². The molecule has 0 unspecified atom stereocenters. The molecule has 0 aliphatic rings. The number of hydrogen-bond donors (Lipinski definition) is 1. The monoisotopic (exact) mass is 183 g/mol. The number of allylic oxidation sites excluding steroid dienone is 3. The number of methoxy groups -OCH3 is 1. The third kappa shape index (κ3) is 4.79. The second kappa shape index (κ2) is 5.99. The number of carbonyl (C=O) groups is 2. The summed E-state index contributed by atoms with van der Waals surface area (Å²) >= 11 is 0. The van der Waals surface area contributed by atoms with Crippen LogP contribution in [0.4, 0.5) is 0 Å². The Bertz CT molecular complexity index is 254. The minimum atomic E-state index is -0.562. The maximum Gasteiger partial charge on any atom is 0.354 e. The van der Waals surface area contributed by atoms with Crippen molar-refractivity contribution in [2.45, 2.75) is 13.8 Å². The van der Waals surface area contributed by atoms with Crippen LogP contribution in [0.15, 0.2) is 23.9 Å². The van der Waals surface area contributed by atoms with Gasteiger partial charge in [0.1, 0.15) is 5.70 Å². The van der Waals surface area contributed by atoms with Gasteiger partial charge in [-0.25, -0.2) is 4.79 Å². The van der Waals surface area contributed by atoms with E-state index in [2.05, 4.69) is 10.1 Å². The summed E-state index contributed by atoms with van der Waals surface area (Å²) in [6.45, 7) is 3.13. The van der Waals surface area contributed by atoms with Gasteiger partial charge in [-0.2, -0.15) is 0 Å². The summed E-state index contributed by atoms with van der Waals surface area (Å²) in [5.41, 5.74) is 0.133. The van der Waals surface area contributed by atoms with Gasteiger partial charge in [-0.3, -0.25) is 4.79 Å². The summed E-state index contributed by atoms with van der Waals surface area (Å²) < 4.78 is 4.45. The van der Waals surface area contributed by atoms with Crippen LogP contribution in [0.2, 0.25) is 0 Å². The molecule has 0 aromatic rings. The zero-order chi connectivity index (χ0) is 10.3. The first-order chi connectivity index (χ1) is 6.11. The Balaban J connectivity index is 4.54. The summed E-state index contributed by atoms with van der Waals surface area (Å²) in [4.78, 5) is 21.7. The van der Waals surface area contributed by atoms with E-state index in [9.17, 15) is 9.59 Å². The molecule has 0 aliphatic heterocycles. The van der Waals surface area contributed by atoms with Crippen molar-refractivity contribution < 1.29 is 14.3 Å². The van der Waals surface area contributed by atoms with Crippen molar-refractivity contribution in [3.05, 3.63) is 23.9 Å². The van der Waals surface area contributed by atoms with Gasteiger partial charge < -0.3 is 10.1 Å². The van der Waals surface area contributed by atoms with Gasteiger partial charge in [-0.15, -0.1) is 0 Å². The van der Waals surface area contributed by atoms with E-state index < -0.39 is 5.97 Å². The van der Waals surface area contributed by atoms with Gasteiger partial charge in [0.25, 0.3) is 0 Å². The first kappa shape index (κ1) is 11.4. The zero-order valence-electron chi connectivity index (χ0n) is 7.96. The maximum atomic E-state index is 11.0. The maximum absolute atomic E-state index is 11.0. The van der Waals surface area contributed by atoms with Crippen LogP contribution in [0.25, 0.3) is 0 Å². The Morgan fingerprint density at radius 1 is 1.38 bits per heavy atom. The molecule has 13 heavy (non-hydrogen) atoms. The fourth-order valence-corrected chi connectivity index (χ4v) is 0.653. The first-order valence-corrected chi connectivity index (χ1v) is 3.80. The van der Waals surface area contributed by atoms with Gasteiger partial charge in [0.15, 0.2) is 0 Å². The smallest absolute Gasteiger partial charge is 0.354 e. The molecule has 0 bridgehead atoms. The third-order valence-corrected chi connectivity index (χ3v) is 1.17. The van der Waals surface area contributed by atoms with Gasteiger partial charge in [-0.05, 0) is 13.0 Å². The first-order valence-electron chi connectivity index (χ1n) is 3.80. The third-order valence-electron chi connectivity index (χ3n) is 1.17. The number of nitrogens with one attached hydrogen (secondary N) is 1. The van der Waals surface area contributed by atoms with Gasteiger partial charge in [0, 0.05) is 6.92 Å². The molecule has 0 atom stereocenters. The van der Waals surface area contributed by atoms with Crippen LogP contribution in [-0.4, -0.2) is 19.0 Å². The van der Waals surface area contributed by atoms with Crippen molar-refractivity contribution >= 4 is 11.9 Å². The lowest BCUT2D eigenvalue weighted by molar-refractivity contribution is -0.137. The Kier molecular flexibility index (Phi) is 5.27. The fraction of sp³-hybridized carbons (Fsp3) is 0.333. The summed E-state index contributed by atoms with van der Waals surface area (Å²) in [7, 11) is 1.26. The minimum Gasteiger partial charge on any atom is -0.464 e. The van der Waals surface area contributed by atoms with Crippen LogP contribution >= 0.6 is 0 Å². The Morgan fingerprint density at radius 2 is 2.00 bits per heavy atom. The molecule has 0 heterocycles. The second-order valence-corrected chi connectivity index (χ2v) is 2.28. The van der Waals surface area contributed by atoms with Crippen molar-refractivity contribution in [1.29, 1.82) is 0 Å².